The molecule has 0 aliphatic heterocycles. The molecule has 4 N–H and O–H groups in total. The van der Waals surface area contributed by atoms with Crippen molar-refractivity contribution in [2.45, 2.75) is 19.9 Å². The Hall–Kier alpha value is -1.60. The summed E-state index contributed by atoms with van der Waals surface area (Å²) in [5, 5.41) is 8.68. The maximum Gasteiger partial charge on any atom is 0.141 e. The van der Waals surface area contributed by atoms with Gasteiger partial charge in [0.2, 0.25) is 0 Å². The van der Waals surface area contributed by atoms with Crippen LogP contribution in [0.25, 0.3) is 0 Å². The van der Waals surface area contributed by atoms with Gasteiger partial charge >= 0.3 is 0 Å². The maximum absolute atomic E-state index is 8.68. The molecule has 0 amide bonds. The highest BCUT2D eigenvalue weighted by atomic mass is 14.8. The topological polar surface area (TPSA) is 88.7 Å². The molecule has 0 aliphatic rings. The molecule has 14 heavy (non-hydrogen) atoms. The van der Waals surface area contributed by atoms with E-state index in [2.05, 4.69) is 4.98 Å². The van der Waals surface area contributed by atoms with Crippen molar-refractivity contribution >= 4 is 5.69 Å². The van der Waals surface area contributed by atoms with E-state index in [0.29, 0.717) is 17.1 Å². The fourth-order valence-electron chi connectivity index (χ4n) is 1.13. The van der Waals surface area contributed by atoms with Crippen molar-refractivity contribution in [2.75, 3.05) is 5.73 Å². The lowest BCUT2D eigenvalue weighted by atomic mass is 10.0. The monoisotopic (exact) mass is 190 g/mol. The lowest BCUT2D eigenvalue weighted by Crippen LogP contribution is -2.20. The number of aromatic nitrogens is 1. The van der Waals surface area contributed by atoms with Crippen molar-refractivity contribution in [1.29, 1.82) is 5.26 Å². The van der Waals surface area contributed by atoms with Crippen LogP contribution in [0.15, 0.2) is 12.1 Å². The van der Waals surface area contributed by atoms with Gasteiger partial charge in [-0.05, 0) is 18.1 Å². The molecule has 0 saturated heterocycles. The largest absolute Gasteiger partial charge is 0.397 e. The van der Waals surface area contributed by atoms with Gasteiger partial charge in [0.15, 0.2) is 0 Å². The molecule has 0 radical (unpaired) electrons. The van der Waals surface area contributed by atoms with Crippen molar-refractivity contribution in [2.24, 2.45) is 11.7 Å². The van der Waals surface area contributed by atoms with Crippen molar-refractivity contribution in [3.8, 4) is 6.07 Å². The van der Waals surface area contributed by atoms with Crippen LogP contribution in [-0.4, -0.2) is 4.98 Å². The van der Waals surface area contributed by atoms with Crippen LogP contribution in [0, 0.1) is 17.2 Å². The highest BCUT2D eigenvalue weighted by molar-refractivity contribution is 5.46. The van der Waals surface area contributed by atoms with Crippen molar-refractivity contribution < 1.29 is 0 Å². The fourth-order valence-corrected chi connectivity index (χ4v) is 1.13. The van der Waals surface area contributed by atoms with Crippen LogP contribution in [0.1, 0.15) is 31.3 Å². The van der Waals surface area contributed by atoms with E-state index in [4.69, 9.17) is 16.7 Å². The first-order valence-corrected chi connectivity index (χ1v) is 4.48. The Balaban J connectivity index is 3.13. The first-order valence-electron chi connectivity index (χ1n) is 4.48. The van der Waals surface area contributed by atoms with Crippen LogP contribution < -0.4 is 11.5 Å². The molecule has 0 spiro atoms. The number of hydrogen-bond donors (Lipinski definition) is 2. The number of nitrogen functional groups attached to an aromatic ring is 1. The number of anilines is 1. The van der Waals surface area contributed by atoms with Gasteiger partial charge in [0.25, 0.3) is 0 Å². The second-order valence-corrected chi connectivity index (χ2v) is 3.55. The number of rotatable bonds is 2. The summed E-state index contributed by atoms with van der Waals surface area (Å²) in [5.41, 5.74) is 13.2. The van der Waals surface area contributed by atoms with Gasteiger partial charge in [-0.2, -0.15) is 5.26 Å². The van der Waals surface area contributed by atoms with Crippen molar-refractivity contribution in [1.82, 2.24) is 4.98 Å². The Labute approximate surface area is 83.5 Å². The molecule has 1 heterocycles. The van der Waals surface area contributed by atoms with Crippen LogP contribution in [-0.2, 0) is 0 Å². The summed E-state index contributed by atoms with van der Waals surface area (Å²) in [6.45, 7) is 3.98. The maximum atomic E-state index is 8.68. The summed E-state index contributed by atoms with van der Waals surface area (Å²) in [7, 11) is 0. The zero-order chi connectivity index (χ0) is 10.7. The summed E-state index contributed by atoms with van der Waals surface area (Å²) < 4.78 is 0. The Bertz CT molecular complexity index is 365. The standard InChI is InChI=1S/C10H14N4/c1-6(2)9(13)10-8(12)4-3-7(5-11)14-10/h3-4,6,9H,12-13H2,1-2H3. The number of nitrogens with zero attached hydrogens (tertiary/aromatic N) is 2. The summed E-state index contributed by atoms with van der Waals surface area (Å²) in [6.07, 6.45) is 0. The Morgan fingerprint density at radius 2 is 2.07 bits per heavy atom. The van der Waals surface area contributed by atoms with E-state index in [9.17, 15) is 0 Å². The molecule has 0 aliphatic carbocycles. The molecule has 1 unspecified atom stereocenters. The molecule has 74 valence electrons. The van der Waals surface area contributed by atoms with Gasteiger partial charge < -0.3 is 11.5 Å². The molecule has 0 saturated carbocycles. The SMILES string of the molecule is CC(C)C(N)c1nc(C#N)ccc1N. The second-order valence-electron chi connectivity index (χ2n) is 3.55. The number of pyridine rings is 1. The molecule has 1 aromatic heterocycles. The zero-order valence-corrected chi connectivity index (χ0v) is 8.36. The van der Waals surface area contributed by atoms with Gasteiger partial charge in [0.1, 0.15) is 11.8 Å². The molecule has 4 heteroatoms. The van der Waals surface area contributed by atoms with Crippen molar-refractivity contribution in [3.05, 3.63) is 23.5 Å². The van der Waals surface area contributed by atoms with E-state index >= 15 is 0 Å². The van der Waals surface area contributed by atoms with Gasteiger partial charge in [0, 0.05) is 0 Å². The summed E-state index contributed by atoms with van der Waals surface area (Å²) >= 11 is 0. The average Bonchev–Trinajstić information content (AvgIpc) is 2.17. The number of hydrogen-bond acceptors (Lipinski definition) is 4. The molecule has 0 fully saturated rings. The van der Waals surface area contributed by atoms with E-state index in [1.54, 1.807) is 12.1 Å². The van der Waals surface area contributed by atoms with Crippen LogP contribution in [0.5, 0.6) is 0 Å². The molecular formula is C10H14N4. The van der Waals surface area contributed by atoms with Crippen molar-refractivity contribution in [3.63, 3.8) is 0 Å². The Kier molecular flexibility index (Phi) is 3.05. The quantitative estimate of drug-likeness (QED) is 0.733. The van der Waals surface area contributed by atoms with Crippen LogP contribution in [0.2, 0.25) is 0 Å². The minimum absolute atomic E-state index is 0.219. The highest BCUT2D eigenvalue weighted by Gasteiger charge is 2.15. The smallest absolute Gasteiger partial charge is 0.141 e. The molecule has 1 rings (SSSR count). The Morgan fingerprint density at radius 3 is 2.57 bits per heavy atom. The predicted octanol–water partition coefficient (Wildman–Crippen LogP) is 1.19. The van der Waals surface area contributed by atoms with Gasteiger partial charge in [-0.1, -0.05) is 13.8 Å². The minimum Gasteiger partial charge on any atom is -0.397 e. The van der Waals surface area contributed by atoms with E-state index < -0.39 is 0 Å². The van der Waals surface area contributed by atoms with E-state index in [-0.39, 0.29) is 12.0 Å². The van der Waals surface area contributed by atoms with Gasteiger partial charge in [-0.3, -0.25) is 0 Å². The molecule has 0 bridgehead atoms. The molecular weight excluding hydrogens is 176 g/mol. The first kappa shape index (κ1) is 10.5. The van der Waals surface area contributed by atoms with Gasteiger partial charge in [-0.15, -0.1) is 0 Å². The summed E-state index contributed by atoms with van der Waals surface area (Å²) in [5.74, 6) is 0.249. The van der Waals surface area contributed by atoms with Gasteiger partial charge in [-0.25, -0.2) is 4.98 Å². The third-order valence-corrected chi connectivity index (χ3v) is 2.11. The second kappa shape index (κ2) is 4.07. The lowest BCUT2D eigenvalue weighted by molar-refractivity contribution is 0.504. The third-order valence-electron chi connectivity index (χ3n) is 2.11. The zero-order valence-electron chi connectivity index (χ0n) is 8.36. The molecule has 1 aromatic rings. The molecule has 4 nitrogen and oxygen atoms in total. The number of nitriles is 1. The highest BCUT2D eigenvalue weighted by Crippen LogP contribution is 2.22. The van der Waals surface area contributed by atoms with Crippen LogP contribution in [0.4, 0.5) is 5.69 Å². The summed E-state index contributed by atoms with van der Waals surface area (Å²) in [6, 6.07) is 5.01. The Morgan fingerprint density at radius 1 is 1.43 bits per heavy atom. The minimum atomic E-state index is -0.219. The van der Waals surface area contributed by atoms with E-state index in [1.165, 1.54) is 0 Å². The van der Waals surface area contributed by atoms with Crippen LogP contribution >= 0.6 is 0 Å². The van der Waals surface area contributed by atoms with Gasteiger partial charge in [0.05, 0.1) is 17.4 Å². The lowest BCUT2D eigenvalue weighted by Gasteiger charge is -2.16. The normalized spacial score (nSPS) is 12.5. The average molecular weight is 190 g/mol. The fraction of sp³-hybridized carbons (Fsp3) is 0.400. The predicted molar refractivity (Wildman–Crippen MR) is 55.1 cm³/mol. The number of nitrogens with two attached hydrogens (primary N) is 2. The van der Waals surface area contributed by atoms with E-state index in [1.807, 2.05) is 19.9 Å². The first-order chi connectivity index (χ1) is 6.56. The molecule has 1 atom stereocenters. The molecule has 0 aromatic carbocycles. The van der Waals surface area contributed by atoms with Crippen LogP contribution in [0.3, 0.4) is 0 Å². The van der Waals surface area contributed by atoms with E-state index in [0.717, 1.165) is 0 Å². The summed E-state index contributed by atoms with van der Waals surface area (Å²) in [4.78, 5) is 4.10. The third kappa shape index (κ3) is 2.01.